The SMILES string of the molecule is Cc1ncc(-c2c(C#N)ccc(Cl)c2F)nc1C(=O)Nc1cnn(C(CO)c2cnc(N3C[C@H]4C=C[C@H]4C3=O)nc2)c1. The molecule has 1 aliphatic heterocycles. The summed E-state index contributed by atoms with van der Waals surface area (Å²) >= 11 is 5.91. The van der Waals surface area contributed by atoms with Gasteiger partial charge in [0, 0.05) is 36.6 Å². The minimum atomic E-state index is -0.843. The molecular formula is C28H21ClFN9O3. The first kappa shape index (κ1) is 27.1. The fraction of sp³-hybridized carbons (Fsp3) is 0.214. The number of aromatic nitrogens is 6. The van der Waals surface area contributed by atoms with Crippen LogP contribution in [0.2, 0.25) is 5.02 Å². The Bertz CT molecular complexity index is 1800. The summed E-state index contributed by atoms with van der Waals surface area (Å²) in [5, 5.41) is 26.3. The first-order chi connectivity index (χ1) is 20.3. The highest BCUT2D eigenvalue weighted by molar-refractivity contribution is 6.31. The van der Waals surface area contributed by atoms with Crippen molar-refractivity contribution in [3.05, 3.63) is 88.6 Å². The van der Waals surface area contributed by atoms with E-state index in [1.54, 1.807) is 11.8 Å². The number of benzene rings is 1. The number of fused-ring (bicyclic) bond motifs is 1. The molecule has 4 aromatic rings. The van der Waals surface area contributed by atoms with Gasteiger partial charge in [-0.15, -0.1) is 0 Å². The van der Waals surface area contributed by atoms with Gasteiger partial charge < -0.3 is 10.4 Å². The Hall–Kier alpha value is -5.06. The molecule has 210 valence electrons. The zero-order valence-electron chi connectivity index (χ0n) is 21.9. The van der Waals surface area contributed by atoms with Crippen LogP contribution in [-0.2, 0) is 4.79 Å². The van der Waals surface area contributed by atoms with Crippen molar-refractivity contribution in [1.82, 2.24) is 29.7 Å². The van der Waals surface area contributed by atoms with E-state index in [2.05, 4.69) is 30.4 Å². The molecule has 2 amide bonds. The Kier molecular flexibility index (Phi) is 6.93. The number of aryl methyl sites for hydroxylation is 1. The Morgan fingerprint density at radius 2 is 2.02 bits per heavy atom. The standard InChI is InChI=1S/C28H21ClFN9O3/c1-14-25(37-21(10-32-14)23-15(6-31)3-5-20(29)24(23)30)26(41)36-18-9-35-39(12-18)22(13-40)17-7-33-28(34-8-17)38-11-16-2-4-19(16)27(38)42/h2-5,7-10,12,16,19,22,40H,11,13H2,1H3,(H,36,41)/t16-,19-,22?/m1/s1. The molecule has 12 nitrogen and oxygen atoms in total. The average molecular weight is 586 g/mol. The third-order valence-electron chi connectivity index (χ3n) is 7.25. The molecule has 0 spiro atoms. The molecule has 0 saturated carbocycles. The van der Waals surface area contributed by atoms with E-state index in [9.17, 15) is 24.3 Å². The number of hydrogen-bond donors (Lipinski definition) is 2. The maximum atomic E-state index is 14.8. The summed E-state index contributed by atoms with van der Waals surface area (Å²) in [7, 11) is 0. The third kappa shape index (κ3) is 4.66. The highest BCUT2D eigenvalue weighted by Gasteiger charge is 2.43. The van der Waals surface area contributed by atoms with Crippen LogP contribution < -0.4 is 10.2 Å². The lowest BCUT2D eigenvalue weighted by Gasteiger charge is -2.17. The number of carbonyl (C=O) groups is 2. The molecule has 4 heterocycles. The zero-order valence-corrected chi connectivity index (χ0v) is 22.7. The Morgan fingerprint density at radius 1 is 1.24 bits per heavy atom. The van der Waals surface area contributed by atoms with E-state index in [4.69, 9.17) is 11.6 Å². The molecule has 1 saturated heterocycles. The highest BCUT2D eigenvalue weighted by atomic mass is 35.5. The summed E-state index contributed by atoms with van der Waals surface area (Å²) in [6, 6.07) is 3.85. The van der Waals surface area contributed by atoms with E-state index >= 15 is 0 Å². The predicted octanol–water partition coefficient (Wildman–Crippen LogP) is 3.09. The summed E-state index contributed by atoms with van der Waals surface area (Å²) < 4.78 is 16.2. The Labute approximate surface area is 243 Å². The molecule has 3 atom stereocenters. The molecule has 1 unspecified atom stereocenters. The zero-order chi connectivity index (χ0) is 29.5. The normalized spacial score (nSPS) is 17.9. The molecule has 1 aromatic carbocycles. The monoisotopic (exact) mass is 585 g/mol. The Morgan fingerprint density at radius 3 is 2.67 bits per heavy atom. The fourth-order valence-corrected chi connectivity index (χ4v) is 5.06. The second kappa shape index (κ2) is 10.7. The molecule has 0 radical (unpaired) electrons. The van der Waals surface area contributed by atoms with Gasteiger partial charge in [-0.05, 0) is 19.1 Å². The first-order valence-electron chi connectivity index (χ1n) is 12.8. The van der Waals surface area contributed by atoms with Crippen molar-refractivity contribution < 1.29 is 19.1 Å². The second-order valence-corrected chi connectivity index (χ2v) is 10.2. The second-order valence-electron chi connectivity index (χ2n) is 9.79. The van der Waals surface area contributed by atoms with Gasteiger partial charge in [-0.3, -0.25) is 24.2 Å². The van der Waals surface area contributed by atoms with Crippen molar-refractivity contribution in [3.63, 3.8) is 0 Å². The van der Waals surface area contributed by atoms with E-state index in [1.807, 2.05) is 18.2 Å². The number of aliphatic hydroxyl groups is 1. The summed E-state index contributed by atoms with van der Waals surface area (Å²) in [5.41, 5.74) is 0.825. The van der Waals surface area contributed by atoms with Crippen LogP contribution in [0.1, 0.15) is 33.4 Å². The van der Waals surface area contributed by atoms with Gasteiger partial charge in [0.25, 0.3) is 5.91 Å². The van der Waals surface area contributed by atoms with E-state index in [-0.39, 0.29) is 57.6 Å². The van der Waals surface area contributed by atoms with Gasteiger partial charge in [0.2, 0.25) is 11.9 Å². The van der Waals surface area contributed by atoms with Crippen LogP contribution in [0.5, 0.6) is 0 Å². The summed E-state index contributed by atoms with van der Waals surface area (Å²) in [6.45, 7) is 1.76. The molecule has 42 heavy (non-hydrogen) atoms. The number of amides is 2. The summed E-state index contributed by atoms with van der Waals surface area (Å²) in [6.07, 6.45) is 11.1. The lowest BCUT2D eigenvalue weighted by Crippen LogP contribution is -2.28. The van der Waals surface area contributed by atoms with Crippen molar-refractivity contribution in [2.75, 3.05) is 23.4 Å². The molecule has 6 rings (SSSR count). The number of anilines is 2. The summed E-state index contributed by atoms with van der Waals surface area (Å²) in [4.78, 5) is 44.3. The average Bonchev–Trinajstić information content (AvgIpc) is 3.51. The van der Waals surface area contributed by atoms with Crippen molar-refractivity contribution in [1.29, 1.82) is 5.26 Å². The largest absolute Gasteiger partial charge is 0.394 e. The number of nitrogens with zero attached hydrogens (tertiary/aromatic N) is 8. The maximum Gasteiger partial charge on any atom is 0.276 e. The quantitative estimate of drug-likeness (QED) is 0.310. The molecule has 2 N–H and O–H groups in total. The van der Waals surface area contributed by atoms with Crippen LogP contribution in [0.4, 0.5) is 16.0 Å². The van der Waals surface area contributed by atoms with Gasteiger partial charge in [0.15, 0.2) is 5.82 Å². The molecule has 2 aliphatic rings. The third-order valence-corrected chi connectivity index (χ3v) is 7.54. The molecule has 1 fully saturated rings. The van der Waals surface area contributed by atoms with E-state index in [0.29, 0.717) is 23.7 Å². The molecule has 1 aliphatic carbocycles. The first-order valence-corrected chi connectivity index (χ1v) is 13.2. The van der Waals surface area contributed by atoms with Gasteiger partial charge in [-0.25, -0.2) is 19.3 Å². The highest BCUT2D eigenvalue weighted by Crippen LogP contribution is 2.36. The van der Waals surface area contributed by atoms with Gasteiger partial charge in [0.05, 0.1) is 64.2 Å². The van der Waals surface area contributed by atoms with Crippen molar-refractivity contribution >= 4 is 35.1 Å². The van der Waals surface area contributed by atoms with Crippen molar-refractivity contribution in [2.45, 2.75) is 13.0 Å². The van der Waals surface area contributed by atoms with Crippen LogP contribution in [0.15, 0.2) is 55.3 Å². The van der Waals surface area contributed by atoms with Gasteiger partial charge in [-0.1, -0.05) is 23.8 Å². The number of hydrogen-bond acceptors (Lipinski definition) is 9. The van der Waals surface area contributed by atoms with E-state index in [1.165, 1.54) is 47.8 Å². The number of halogens is 2. The predicted molar refractivity (Wildman–Crippen MR) is 148 cm³/mol. The van der Waals surface area contributed by atoms with Crippen LogP contribution in [0.3, 0.4) is 0 Å². The molecule has 3 aromatic heterocycles. The maximum absolute atomic E-state index is 14.8. The lowest BCUT2D eigenvalue weighted by atomic mass is 9.85. The van der Waals surface area contributed by atoms with Crippen molar-refractivity contribution in [2.24, 2.45) is 11.8 Å². The van der Waals surface area contributed by atoms with Crippen LogP contribution in [-0.4, -0.2) is 59.8 Å². The number of carbonyl (C=O) groups excluding carboxylic acids is 2. The minimum Gasteiger partial charge on any atom is -0.394 e. The number of aliphatic hydroxyl groups excluding tert-OH is 1. The van der Waals surface area contributed by atoms with Gasteiger partial charge >= 0.3 is 0 Å². The fourth-order valence-electron chi connectivity index (χ4n) is 4.91. The van der Waals surface area contributed by atoms with Crippen molar-refractivity contribution in [3.8, 4) is 17.3 Å². The van der Waals surface area contributed by atoms with E-state index in [0.717, 1.165) is 0 Å². The van der Waals surface area contributed by atoms with Crippen LogP contribution in [0.25, 0.3) is 11.3 Å². The Balaban J connectivity index is 1.20. The number of nitrogens with one attached hydrogen (secondary N) is 1. The van der Waals surface area contributed by atoms with Crippen LogP contribution in [0, 0.1) is 35.9 Å². The van der Waals surface area contributed by atoms with Crippen LogP contribution >= 0.6 is 11.6 Å². The molecule has 0 bridgehead atoms. The smallest absolute Gasteiger partial charge is 0.276 e. The number of nitriles is 1. The summed E-state index contributed by atoms with van der Waals surface area (Å²) in [5.74, 6) is -1.15. The van der Waals surface area contributed by atoms with Gasteiger partial charge in [-0.2, -0.15) is 10.4 Å². The number of rotatable bonds is 7. The van der Waals surface area contributed by atoms with Gasteiger partial charge in [0.1, 0.15) is 11.7 Å². The van der Waals surface area contributed by atoms with E-state index < -0.39 is 17.8 Å². The minimum absolute atomic E-state index is 0.00843. The topological polar surface area (TPSA) is 163 Å². The molecular weight excluding hydrogens is 565 g/mol. The lowest BCUT2D eigenvalue weighted by molar-refractivity contribution is -0.119. The molecule has 14 heteroatoms.